The number of carbonyl (C=O) groups is 1. The average Bonchev–Trinajstić information content (AvgIpc) is 2.90. The lowest BCUT2D eigenvalue weighted by Crippen LogP contribution is -2.29. The second-order valence-corrected chi connectivity index (χ2v) is 6.82. The number of hydrogen-bond acceptors (Lipinski definition) is 3. The monoisotopic (exact) mass is 431 g/mol. The number of hydrogen-bond donors (Lipinski definition) is 1. The molecule has 0 unspecified atom stereocenters. The van der Waals surface area contributed by atoms with Crippen LogP contribution in [0.1, 0.15) is 23.5 Å². The van der Waals surface area contributed by atoms with E-state index in [2.05, 4.69) is 47.4 Å². The molecule has 2 rings (SSSR count). The van der Waals surface area contributed by atoms with Crippen LogP contribution in [0.3, 0.4) is 0 Å². The van der Waals surface area contributed by atoms with Gasteiger partial charge in [0.1, 0.15) is 6.54 Å². The molecule has 0 atom stereocenters. The van der Waals surface area contributed by atoms with Gasteiger partial charge >= 0.3 is 0 Å². The molecule has 2 heterocycles. The highest BCUT2D eigenvalue weighted by Crippen LogP contribution is 2.19. The third-order valence-corrected chi connectivity index (χ3v) is 5.29. The molecule has 0 aliphatic heterocycles. The smallest absolute Gasteiger partial charge is 0.241 e. The molecule has 0 fully saturated rings. The standard InChI is InChI=1S/C14H19Br2N5O/c1-9-12(15)7-20(18-9)6-4-5-17-13(22)8-21-11(3)14(16)10(2)19-21/h7H,4-6,8H2,1-3H3,(H,17,22). The minimum absolute atomic E-state index is 0.0315. The molecule has 1 amide bonds. The summed E-state index contributed by atoms with van der Waals surface area (Å²) in [5.74, 6) is -0.0315. The molecular weight excluding hydrogens is 414 g/mol. The Morgan fingerprint density at radius 2 is 1.95 bits per heavy atom. The van der Waals surface area contributed by atoms with Crippen LogP contribution in [0.25, 0.3) is 0 Å². The maximum absolute atomic E-state index is 11.9. The van der Waals surface area contributed by atoms with E-state index in [4.69, 9.17) is 0 Å². The fourth-order valence-electron chi connectivity index (χ4n) is 2.10. The van der Waals surface area contributed by atoms with Gasteiger partial charge in [-0.2, -0.15) is 10.2 Å². The first-order chi connectivity index (χ1) is 10.4. The molecule has 22 heavy (non-hydrogen) atoms. The fraction of sp³-hybridized carbons (Fsp3) is 0.500. The maximum Gasteiger partial charge on any atom is 0.241 e. The van der Waals surface area contributed by atoms with Crippen molar-refractivity contribution in [3.8, 4) is 0 Å². The van der Waals surface area contributed by atoms with Crippen molar-refractivity contribution in [2.75, 3.05) is 6.54 Å². The number of carbonyl (C=O) groups excluding carboxylic acids is 1. The number of aromatic nitrogens is 4. The molecule has 2 aromatic heterocycles. The summed E-state index contributed by atoms with van der Waals surface area (Å²) in [4.78, 5) is 11.9. The quantitative estimate of drug-likeness (QED) is 0.713. The van der Waals surface area contributed by atoms with E-state index in [9.17, 15) is 4.79 Å². The Bertz CT molecular complexity index is 658. The summed E-state index contributed by atoms with van der Waals surface area (Å²) in [6.45, 7) is 7.44. The first-order valence-corrected chi connectivity index (χ1v) is 8.63. The molecule has 8 heteroatoms. The van der Waals surface area contributed by atoms with Gasteiger partial charge in [0.05, 0.1) is 26.0 Å². The van der Waals surface area contributed by atoms with Crippen LogP contribution in [0.2, 0.25) is 0 Å². The van der Waals surface area contributed by atoms with Gasteiger partial charge in [-0.3, -0.25) is 14.2 Å². The van der Waals surface area contributed by atoms with E-state index in [1.54, 1.807) is 4.68 Å². The van der Waals surface area contributed by atoms with Gasteiger partial charge in [-0.1, -0.05) is 0 Å². The highest BCUT2D eigenvalue weighted by atomic mass is 79.9. The summed E-state index contributed by atoms with van der Waals surface area (Å²) in [5, 5.41) is 11.6. The van der Waals surface area contributed by atoms with E-state index in [0.717, 1.165) is 39.0 Å². The van der Waals surface area contributed by atoms with Crippen LogP contribution in [-0.2, 0) is 17.9 Å². The van der Waals surface area contributed by atoms with Crippen LogP contribution in [0.4, 0.5) is 0 Å². The van der Waals surface area contributed by atoms with Gasteiger partial charge < -0.3 is 5.32 Å². The molecule has 0 aromatic carbocycles. The largest absolute Gasteiger partial charge is 0.354 e. The predicted molar refractivity (Wildman–Crippen MR) is 91.7 cm³/mol. The molecule has 120 valence electrons. The van der Waals surface area contributed by atoms with E-state index in [0.29, 0.717) is 6.54 Å². The Morgan fingerprint density at radius 3 is 2.50 bits per heavy atom. The average molecular weight is 433 g/mol. The Morgan fingerprint density at radius 1 is 1.23 bits per heavy atom. The summed E-state index contributed by atoms with van der Waals surface area (Å²) < 4.78 is 5.55. The van der Waals surface area contributed by atoms with Crippen molar-refractivity contribution >= 4 is 37.8 Å². The lowest BCUT2D eigenvalue weighted by atomic mass is 10.4. The minimum Gasteiger partial charge on any atom is -0.354 e. The lowest BCUT2D eigenvalue weighted by Gasteiger charge is -2.07. The number of amides is 1. The van der Waals surface area contributed by atoms with Gasteiger partial charge in [0.15, 0.2) is 0 Å². The van der Waals surface area contributed by atoms with Crippen molar-refractivity contribution in [1.82, 2.24) is 24.9 Å². The normalized spacial score (nSPS) is 11.0. The van der Waals surface area contributed by atoms with Crippen LogP contribution in [0, 0.1) is 20.8 Å². The van der Waals surface area contributed by atoms with Crippen molar-refractivity contribution in [3.05, 3.63) is 32.2 Å². The minimum atomic E-state index is -0.0315. The number of aryl methyl sites for hydroxylation is 3. The summed E-state index contributed by atoms with van der Waals surface area (Å²) >= 11 is 6.89. The Hall–Kier alpha value is -1.15. The predicted octanol–water partition coefficient (Wildman–Crippen LogP) is 2.74. The lowest BCUT2D eigenvalue weighted by molar-refractivity contribution is -0.121. The molecule has 6 nitrogen and oxygen atoms in total. The van der Waals surface area contributed by atoms with Gasteiger partial charge in [0.25, 0.3) is 0 Å². The molecular formula is C14H19Br2N5O. The molecule has 0 bridgehead atoms. The highest BCUT2D eigenvalue weighted by molar-refractivity contribution is 9.10. The van der Waals surface area contributed by atoms with Crippen LogP contribution in [-0.4, -0.2) is 32.0 Å². The molecule has 1 N–H and O–H groups in total. The van der Waals surface area contributed by atoms with E-state index in [1.807, 2.05) is 31.6 Å². The van der Waals surface area contributed by atoms with E-state index in [1.165, 1.54) is 0 Å². The zero-order valence-electron chi connectivity index (χ0n) is 12.9. The summed E-state index contributed by atoms with van der Waals surface area (Å²) in [7, 11) is 0. The summed E-state index contributed by atoms with van der Waals surface area (Å²) in [5.41, 5.74) is 2.83. The van der Waals surface area contributed by atoms with Gasteiger partial charge in [-0.05, 0) is 59.1 Å². The first-order valence-electron chi connectivity index (χ1n) is 7.04. The second kappa shape index (κ2) is 7.41. The first kappa shape index (κ1) is 17.2. The van der Waals surface area contributed by atoms with Crippen molar-refractivity contribution < 1.29 is 4.79 Å². The van der Waals surface area contributed by atoms with E-state index >= 15 is 0 Å². The topological polar surface area (TPSA) is 64.7 Å². The fourth-order valence-corrected chi connectivity index (χ4v) is 2.70. The van der Waals surface area contributed by atoms with Crippen LogP contribution >= 0.6 is 31.9 Å². The zero-order valence-corrected chi connectivity index (χ0v) is 16.0. The van der Waals surface area contributed by atoms with Gasteiger partial charge in [0, 0.05) is 19.3 Å². The summed E-state index contributed by atoms with van der Waals surface area (Å²) in [6, 6.07) is 0. The van der Waals surface area contributed by atoms with Gasteiger partial charge in [-0.15, -0.1) is 0 Å². The third kappa shape index (κ3) is 4.19. The summed E-state index contributed by atoms with van der Waals surface area (Å²) in [6.07, 6.45) is 2.78. The zero-order chi connectivity index (χ0) is 16.3. The Labute approximate surface area is 146 Å². The van der Waals surface area contributed by atoms with Crippen LogP contribution in [0.5, 0.6) is 0 Å². The van der Waals surface area contributed by atoms with Gasteiger partial charge in [-0.25, -0.2) is 0 Å². The van der Waals surface area contributed by atoms with E-state index < -0.39 is 0 Å². The van der Waals surface area contributed by atoms with Crippen molar-refractivity contribution in [3.63, 3.8) is 0 Å². The number of rotatable bonds is 6. The molecule has 0 saturated heterocycles. The third-order valence-electron chi connectivity index (χ3n) is 3.36. The Balaban J connectivity index is 1.75. The number of nitrogens with one attached hydrogen (secondary N) is 1. The molecule has 0 aliphatic rings. The van der Waals surface area contributed by atoms with Crippen LogP contribution < -0.4 is 5.32 Å². The Kier molecular flexibility index (Phi) is 5.80. The molecule has 0 spiro atoms. The van der Waals surface area contributed by atoms with Crippen molar-refractivity contribution in [2.24, 2.45) is 0 Å². The van der Waals surface area contributed by atoms with Gasteiger partial charge in [0.2, 0.25) is 5.91 Å². The molecule has 0 radical (unpaired) electrons. The second-order valence-electron chi connectivity index (χ2n) is 5.17. The number of halogens is 2. The highest BCUT2D eigenvalue weighted by Gasteiger charge is 2.11. The van der Waals surface area contributed by atoms with Crippen molar-refractivity contribution in [1.29, 1.82) is 0 Å². The maximum atomic E-state index is 11.9. The molecule has 0 aliphatic carbocycles. The SMILES string of the molecule is Cc1nn(CCCNC(=O)Cn2nc(C)c(Br)c2C)cc1Br. The molecule has 0 saturated carbocycles. The van der Waals surface area contributed by atoms with Crippen molar-refractivity contribution in [2.45, 2.75) is 40.3 Å². The van der Waals surface area contributed by atoms with E-state index in [-0.39, 0.29) is 12.5 Å². The molecule has 2 aromatic rings. The van der Waals surface area contributed by atoms with Crippen LogP contribution in [0.15, 0.2) is 15.1 Å². The number of nitrogens with zero attached hydrogens (tertiary/aromatic N) is 4.